The Kier molecular flexibility index (Phi) is 15.3. The molecule has 6 N–H and O–H groups in total. The van der Waals surface area contributed by atoms with Crippen LogP contribution >= 0.6 is 0 Å². The largest absolute Gasteiger partial charge is 0.387 e. The standard InChI is InChI=1S/C28H42O7/c1-2-3-4-5-6-7-8-9-10-11-12-13-14-15-16-17-18-19-20-21-22(29)28(35)26(33)24(31)23(30)25(32)27(28)34/h10-21,23-27,30-35H,2-9H2,1H3/b11-10+,13-12+,15-14+,17-16+,19-18+,21-20+/t23?,24-,25+,26-,27-,28?/m1/s1. The maximum Gasteiger partial charge on any atom is 0.192 e. The Morgan fingerprint density at radius 2 is 1.06 bits per heavy atom. The van der Waals surface area contributed by atoms with Crippen LogP contribution in [0.2, 0.25) is 0 Å². The summed E-state index contributed by atoms with van der Waals surface area (Å²) in [7, 11) is 0. The second kappa shape index (κ2) is 17.3. The maximum absolute atomic E-state index is 12.3. The van der Waals surface area contributed by atoms with E-state index in [-0.39, 0.29) is 0 Å². The van der Waals surface area contributed by atoms with Gasteiger partial charge in [-0.3, -0.25) is 4.79 Å². The van der Waals surface area contributed by atoms with E-state index >= 15 is 0 Å². The van der Waals surface area contributed by atoms with E-state index in [0.717, 1.165) is 12.5 Å². The summed E-state index contributed by atoms with van der Waals surface area (Å²) >= 11 is 0. The van der Waals surface area contributed by atoms with Crippen molar-refractivity contribution < 1.29 is 35.4 Å². The van der Waals surface area contributed by atoms with Gasteiger partial charge in [0, 0.05) is 0 Å². The molecule has 7 nitrogen and oxygen atoms in total. The first kappa shape index (κ1) is 30.9. The molecule has 196 valence electrons. The minimum Gasteiger partial charge on any atom is -0.387 e. The van der Waals surface area contributed by atoms with Crippen LogP contribution in [0.25, 0.3) is 0 Å². The lowest BCUT2D eigenvalue weighted by molar-refractivity contribution is -0.257. The molecule has 0 spiro atoms. The molecule has 1 aliphatic carbocycles. The first-order valence-electron chi connectivity index (χ1n) is 12.5. The van der Waals surface area contributed by atoms with Gasteiger partial charge in [-0.05, 0) is 18.9 Å². The molecule has 0 radical (unpaired) electrons. The molecule has 0 amide bonds. The summed E-state index contributed by atoms with van der Waals surface area (Å²) in [5, 5.41) is 59.3. The Labute approximate surface area is 208 Å². The number of hydrogen-bond acceptors (Lipinski definition) is 7. The van der Waals surface area contributed by atoms with Crippen molar-refractivity contribution in [3.63, 3.8) is 0 Å². The predicted octanol–water partition coefficient (Wildman–Crippen LogP) is 2.58. The predicted molar refractivity (Wildman–Crippen MR) is 137 cm³/mol. The van der Waals surface area contributed by atoms with Gasteiger partial charge >= 0.3 is 0 Å². The van der Waals surface area contributed by atoms with Gasteiger partial charge in [-0.1, -0.05) is 112 Å². The highest BCUT2D eigenvalue weighted by Gasteiger charge is 2.60. The van der Waals surface area contributed by atoms with Crippen LogP contribution in [0.3, 0.4) is 0 Å². The zero-order valence-electron chi connectivity index (χ0n) is 20.6. The van der Waals surface area contributed by atoms with Gasteiger partial charge in [0.05, 0.1) is 0 Å². The van der Waals surface area contributed by atoms with Crippen molar-refractivity contribution in [1.82, 2.24) is 0 Å². The molecule has 0 aromatic heterocycles. The fourth-order valence-corrected chi connectivity index (χ4v) is 3.75. The highest BCUT2D eigenvalue weighted by atomic mass is 16.4. The number of carbonyl (C=O) groups is 1. The van der Waals surface area contributed by atoms with Crippen LogP contribution in [0.5, 0.6) is 0 Å². The van der Waals surface area contributed by atoms with Crippen LogP contribution in [0.4, 0.5) is 0 Å². The monoisotopic (exact) mass is 490 g/mol. The zero-order chi connectivity index (χ0) is 26.1. The molecule has 0 aromatic carbocycles. The first-order chi connectivity index (χ1) is 16.8. The van der Waals surface area contributed by atoms with Gasteiger partial charge in [0.15, 0.2) is 11.4 Å². The third-order valence-electron chi connectivity index (χ3n) is 6.00. The molecule has 6 atom stereocenters. The van der Waals surface area contributed by atoms with E-state index in [1.54, 1.807) is 18.2 Å². The minimum atomic E-state index is -2.84. The van der Waals surface area contributed by atoms with Crippen LogP contribution in [0.15, 0.2) is 72.9 Å². The van der Waals surface area contributed by atoms with Crippen molar-refractivity contribution >= 4 is 5.78 Å². The third-order valence-corrected chi connectivity index (χ3v) is 6.00. The van der Waals surface area contributed by atoms with Crippen LogP contribution in [0, 0.1) is 0 Å². The minimum absolute atomic E-state index is 0.908. The zero-order valence-corrected chi connectivity index (χ0v) is 20.6. The molecule has 1 saturated carbocycles. The summed E-state index contributed by atoms with van der Waals surface area (Å²) in [5.74, 6) is -1.11. The van der Waals surface area contributed by atoms with E-state index < -0.39 is 41.9 Å². The lowest BCUT2D eigenvalue weighted by Crippen LogP contribution is -2.73. The van der Waals surface area contributed by atoms with E-state index in [9.17, 15) is 35.4 Å². The molecule has 0 saturated heterocycles. The Balaban J connectivity index is 2.33. The Hall–Kier alpha value is -2.13. The third kappa shape index (κ3) is 10.2. The van der Waals surface area contributed by atoms with Gasteiger partial charge in [0.25, 0.3) is 0 Å². The van der Waals surface area contributed by atoms with Crippen molar-refractivity contribution in [2.45, 2.75) is 94.4 Å². The van der Waals surface area contributed by atoms with Gasteiger partial charge in [-0.2, -0.15) is 0 Å². The lowest BCUT2D eigenvalue weighted by atomic mass is 9.72. The van der Waals surface area contributed by atoms with Crippen LogP contribution in [-0.4, -0.2) is 72.5 Å². The summed E-state index contributed by atoms with van der Waals surface area (Å²) in [5.41, 5.74) is -2.84. The number of aliphatic hydroxyl groups excluding tert-OH is 5. The second-order valence-electron chi connectivity index (χ2n) is 8.79. The molecule has 2 unspecified atom stereocenters. The number of carbonyl (C=O) groups excluding carboxylic acids is 1. The maximum atomic E-state index is 12.3. The van der Waals surface area contributed by atoms with Gasteiger partial charge in [0.2, 0.25) is 0 Å². The van der Waals surface area contributed by atoms with Crippen molar-refractivity contribution in [2.75, 3.05) is 0 Å². The second-order valence-corrected chi connectivity index (χ2v) is 8.79. The highest BCUT2D eigenvalue weighted by molar-refractivity contribution is 5.98. The molecular formula is C28H42O7. The summed E-state index contributed by atoms with van der Waals surface area (Å²) in [6.45, 7) is 2.23. The fraction of sp³-hybridized carbons (Fsp3) is 0.536. The smallest absolute Gasteiger partial charge is 0.192 e. The number of unbranched alkanes of at least 4 members (excludes halogenated alkanes) is 7. The van der Waals surface area contributed by atoms with Crippen molar-refractivity contribution in [3.8, 4) is 0 Å². The van der Waals surface area contributed by atoms with E-state index in [4.69, 9.17) is 0 Å². The SMILES string of the molecule is CCCCCCCCC/C=C/C=C/C=C/C=C/C=C/C=C/C(=O)C1(O)[C@H](O)[C@H](O)C(O)[C@H](O)[C@H]1O. The van der Waals surface area contributed by atoms with Gasteiger partial charge in [-0.25, -0.2) is 0 Å². The Morgan fingerprint density at radius 3 is 1.57 bits per heavy atom. The topological polar surface area (TPSA) is 138 Å². The molecule has 1 aliphatic rings. The molecule has 0 bridgehead atoms. The molecule has 0 aromatic rings. The van der Waals surface area contributed by atoms with Crippen molar-refractivity contribution in [1.29, 1.82) is 0 Å². The van der Waals surface area contributed by atoms with Crippen molar-refractivity contribution in [2.24, 2.45) is 0 Å². The summed E-state index contributed by atoms with van der Waals surface area (Å²) in [6, 6.07) is 0. The fourth-order valence-electron chi connectivity index (χ4n) is 3.75. The van der Waals surface area contributed by atoms with E-state index in [1.807, 2.05) is 30.4 Å². The quantitative estimate of drug-likeness (QED) is 0.118. The number of allylic oxidation sites excluding steroid dienone is 11. The average Bonchev–Trinajstić information content (AvgIpc) is 2.86. The number of hydrogen-bond donors (Lipinski definition) is 6. The van der Waals surface area contributed by atoms with E-state index in [1.165, 1.54) is 57.1 Å². The molecule has 35 heavy (non-hydrogen) atoms. The number of aliphatic hydroxyl groups is 6. The average molecular weight is 491 g/mol. The van der Waals surface area contributed by atoms with Gasteiger partial charge < -0.3 is 30.6 Å². The van der Waals surface area contributed by atoms with Crippen molar-refractivity contribution in [3.05, 3.63) is 72.9 Å². The number of ketones is 1. The lowest BCUT2D eigenvalue weighted by Gasteiger charge is -2.46. The molecule has 1 rings (SSSR count). The normalized spacial score (nSPS) is 30.3. The number of rotatable bonds is 15. The summed E-state index contributed by atoms with van der Waals surface area (Å²) in [4.78, 5) is 12.3. The molecule has 7 heteroatoms. The van der Waals surface area contributed by atoms with E-state index in [0.29, 0.717) is 0 Å². The highest BCUT2D eigenvalue weighted by Crippen LogP contribution is 2.31. The summed E-state index contributed by atoms with van der Waals surface area (Å²) in [6.07, 6.45) is 20.7. The van der Waals surface area contributed by atoms with Crippen LogP contribution < -0.4 is 0 Å². The first-order valence-corrected chi connectivity index (χ1v) is 12.5. The van der Waals surface area contributed by atoms with Crippen LogP contribution in [0.1, 0.15) is 58.3 Å². The molecule has 0 aliphatic heterocycles. The Bertz CT molecular complexity index is 762. The Morgan fingerprint density at radius 1 is 0.629 bits per heavy atom. The van der Waals surface area contributed by atoms with Crippen LogP contribution in [-0.2, 0) is 4.79 Å². The molecule has 1 fully saturated rings. The van der Waals surface area contributed by atoms with E-state index in [2.05, 4.69) is 13.0 Å². The van der Waals surface area contributed by atoms with Gasteiger partial charge in [0.1, 0.15) is 30.5 Å². The molecular weight excluding hydrogens is 448 g/mol. The van der Waals surface area contributed by atoms with Gasteiger partial charge in [-0.15, -0.1) is 0 Å². The molecule has 0 heterocycles. The summed E-state index contributed by atoms with van der Waals surface area (Å²) < 4.78 is 0.